The van der Waals surface area contributed by atoms with Gasteiger partial charge in [0.15, 0.2) is 6.23 Å². The topological polar surface area (TPSA) is 29.5 Å². The molecule has 0 radical (unpaired) electrons. The number of hydrogen-bond acceptors (Lipinski definition) is 3. The van der Waals surface area contributed by atoms with Gasteiger partial charge >= 0.3 is 5.97 Å². The zero-order valence-corrected chi connectivity index (χ0v) is 10.1. The molecule has 1 heterocycles. The summed E-state index contributed by atoms with van der Waals surface area (Å²) in [4.78, 5) is 13.8. The summed E-state index contributed by atoms with van der Waals surface area (Å²) < 4.78 is 5.40. The zero-order chi connectivity index (χ0) is 11.5. The molecule has 0 N–H and O–H groups in total. The lowest BCUT2D eigenvalue weighted by atomic mass is 9.92. The third-order valence-corrected chi connectivity index (χ3v) is 3.64. The summed E-state index contributed by atoms with van der Waals surface area (Å²) in [5, 5.41) is 0. The van der Waals surface area contributed by atoms with Crippen LogP contribution >= 0.6 is 0 Å². The molecular formula is C13H21NO2. The Morgan fingerprint density at radius 1 is 1.25 bits per heavy atom. The minimum absolute atomic E-state index is 0.0206. The molecule has 2 fully saturated rings. The van der Waals surface area contributed by atoms with Crippen molar-refractivity contribution in [1.82, 2.24) is 4.90 Å². The van der Waals surface area contributed by atoms with E-state index in [1.54, 1.807) is 6.92 Å². The maximum atomic E-state index is 11.4. The average Bonchev–Trinajstić information content (AvgIpc) is 2.25. The number of ether oxygens (including phenoxy) is 1. The summed E-state index contributed by atoms with van der Waals surface area (Å²) in [5.74, 6) is -0.245. The fraction of sp³-hybridized carbons (Fsp3) is 0.769. The standard InChI is InChI=1S/C13H21NO2/c1-10(2)13(15)16-12-8-9-14(12)11-6-4-3-5-7-11/h11-12H,1,3-9H2,2H3. The molecule has 2 aliphatic rings. The van der Waals surface area contributed by atoms with Gasteiger partial charge in [0.05, 0.1) is 0 Å². The smallest absolute Gasteiger partial charge is 0.334 e. The Balaban J connectivity index is 1.83. The lowest BCUT2D eigenvalue weighted by molar-refractivity contribution is -0.175. The quantitative estimate of drug-likeness (QED) is 0.544. The minimum Gasteiger partial charge on any atom is -0.443 e. The van der Waals surface area contributed by atoms with E-state index in [1.165, 1.54) is 32.1 Å². The van der Waals surface area contributed by atoms with E-state index in [2.05, 4.69) is 11.5 Å². The number of likely N-dealkylation sites (tertiary alicyclic amines) is 1. The SMILES string of the molecule is C=C(C)C(=O)OC1CCN1C1CCCCC1. The second kappa shape index (κ2) is 5.00. The Morgan fingerprint density at radius 3 is 2.44 bits per heavy atom. The van der Waals surface area contributed by atoms with Gasteiger partial charge in [-0.15, -0.1) is 0 Å². The van der Waals surface area contributed by atoms with Crippen LogP contribution in [0.5, 0.6) is 0 Å². The summed E-state index contributed by atoms with van der Waals surface area (Å²) in [5.41, 5.74) is 0.496. The van der Waals surface area contributed by atoms with Gasteiger partial charge in [0.1, 0.15) is 0 Å². The lowest BCUT2D eigenvalue weighted by Crippen LogP contribution is -2.55. The van der Waals surface area contributed by atoms with Gasteiger partial charge in [-0.05, 0) is 19.8 Å². The average molecular weight is 223 g/mol. The van der Waals surface area contributed by atoms with Gasteiger partial charge in [-0.25, -0.2) is 4.79 Å². The van der Waals surface area contributed by atoms with E-state index in [-0.39, 0.29) is 12.2 Å². The first-order valence-corrected chi connectivity index (χ1v) is 6.30. The first-order chi connectivity index (χ1) is 7.68. The summed E-state index contributed by atoms with van der Waals surface area (Å²) in [7, 11) is 0. The van der Waals surface area contributed by atoms with E-state index >= 15 is 0 Å². The van der Waals surface area contributed by atoms with Gasteiger partial charge in [0.25, 0.3) is 0 Å². The Hall–Kier alpha value is -0.830. The highest BCUT2D eigenvalue weighted by Crippen LogP contribution is 2.30. The van der Waals surface area contributed by atoms with Crippen LogP contribution in [-0.4, -0.2) is 29.7 Å². The number of hydrogen-bond donors (Lipinski definition) is 0. The molecule has 0 aromatic rings. The lowest BCUT2D eigenvalue weighted by Gasteiger charge is -2.46. The van der Waals surface area contributed by atoms with E-state index in [1.807, 2.05) is 0 Å². The molecule has 1 aliphatic heterocycles. The van der Waals surface area contributed by atoms with Gasteiger partial charge in [-0.1, -0.05) is 25.8 Å². The van der Waals surface area contributed by atoms with Crippen molar-refractivity contribution in [2.24, 2.45) is 0 Å². The van der Waals surface area contributed by atoms with Crippen molar-refractivity contribution < 1.29 is 9.53 Å². The van der Waals surface area contributed by atoms with Crippen LogP contribution < -0.4 is 0 Å². The third-order valence-electron chi connectivity index (χ3n) is 3.64. The third kappa shape index (κ3) is 2.46. The van der Waals surface area contributed by atoms with Gasteiger partial charge < -0.3 is 4.74 Å². The number of carbonyl (C=O) groups is 1. The van der Waals surface area contributed by atoms with Crippen LogP contribution in [0.2, 0.25) is 0 Å². The van der Waals surface area contributed by atoms with Gasteiger partial charge in [0, 0.05) is 24.6 Å². The largest absolute Gasteiger partial charge is 0.443 e. The van der Waals surface area contributed by atoms with E-state index in [0.717, 1.165) is 13.0 Å². The van der Waals surface area contributed by atoms with Gasteiger partial charge in [0.2, 0.25) is 0 Å². The molecule has 1 saturated carbocycles. The van der Waals surface area contributed by atoms with Crippen molar-refractivity contribution in [2.45, 2.75) is 57.7 Å². The van der Waals surface area contributed by atoms with E-state index in [4.69, 9.17) is 4.74 Å². The van der Waals surface area contributed by atoms with E-state index in [0.29, 0.717) is 11.6 Å². The number of rotatable bonds is 3. The first kappa shape index (κ1) is 11.6. The van der Waals surface area contributed by atoms with Crippen molar-refractivity contribution >= 4 is 5.97 Å². The van der Waals surface area contributed by atoms with Crippen molar-refractivity contribution in [3.63, 3.8) is 0 Å². The molecule has 90 valence electrons. The molecule has 1 aliphatic carbocycles. The van der Waals surface area contributed by atoms with E-state index < -0.39 is 0 Å². The number of nitrogens with zero attached hydrogens (tertiary/aromatic N) is 1. The Kier molecular flexibility index (Phi) is 3.64. The maximum Gasteiger partial charge on any atom is 0.334 e. The summed E-state index contributed by atoms with van der Waals surface area (Å²) in [6.45, 7) is 6.39. The Bertz CT molecular complexity index is 282. The van der Waals surface area contributed by atoms with Crippen LogP contribution in [0.4, 0.5) is 0 Å². The molecule has 2 rings (SSSR count). The molecule has 1 unspecified atom stereocenters. The molecule has 3 heteroatoms. The first-order valence-electron chi connectivity index (χ1n) is 6.30. The molecule has 0 bridgehead atoms. The van der Waals surface area contributed by atoms with Crippen LogP contribution in [0.15, 0.2) is 12.2 Å². The van der Waals surface area contributed by atoms with Crippen LogP contribution in [0.1, 0.15) is 45.4 Å². The van der Waals surface area contributed by atoms with Gasteiger partial charge in [-0.3, -0.25) is 4.90 Å². The summed E-state index contributed by atoms with van der Waals surface area (Å²) >= 11 is 0. The van der Waals surface area contributed by atoms with Crippen molar-refractivity contribution in [3.8, 4) is 0 Å². The Morgan fingerprint density at radius 2 is 1.94 bits per heavy atom. The van der Waals surface area contributed by atoms with Crippen LogP contribution in [0.3, 0.4) is 0 Å². The number of esters is 1. The second-order valence-electron chi connectivity index (χ2n) is 4.96. The van der Waals surface area contributed by atoms with E-state index in [9.17, 15) is 4.79 Å². The molecule has 3 nitrogen and oxygen atoms in total. The van der Waals surface area contributed by atoms with Gasteiger partial charge in [-0.2, -0.15) is 0 Å². The van der Waals surface area contributed by atoms with Crippen LogP contribution in [-0.2, 0) is 9.53 Å². The number of carbonyl (C=O) groups excluding carboxylic acids is 1. The highest BCUT2D eigenvalue weighted by atomic mass is 16.6. The highest BCUT2D eigenvalue weighted by molar-refractivity contribution is 5.87. The molecule has 0 spiro atoms. The Labute approximate surface area is 97.5 Å². The summed E-state index contributed by atoms with van der Waals surface area (Å²) in [6, 6.07) is 0.644. The van der Waals surface area contributed by atoms with Crippen LogP contribution in [0, 0.1) is 0 Å². The van der Waals surface area contributed by atoms with Crippen molar-refractivity contribution in [1.29, 1.82) is 0 Å². The van der Waals surface area contributed by atoms with Crippen LogP contribution in [0.25, 0.3) is 0 Å². The zero-order valence-electron chi connectivity index (χ0n) is 10.1. The fourth-order valence-corrected chi connectivity index (χ4v) is 2.56. The maximum absolute atomic E-state index is 11.4. The molecular weight excluding hydrogens is 202 g/mol. The predicted octanol–water partition coefficient (Wildman–Crippen LogP) is 2.47. The minimum atomic E-state index is -0.245. The molecule has 1 atom stereocenters. The molecule has 0 aromatic carbocycles. The highest BCUT2D eigenvalue weighted by Gasteiger charge is 2.36. The normalized spacial score (nSPS) is 27.2. The van der Waals surface area contributed by atoms with Crippen molar-refractivity contribution in [2.75, 3.05) is 6.54 Å². The predicted molar refractivity (Wildman–Crippen MR) is 62.9 cm³/mol. The molecule has 16 heavy (non-hydrogen) atoms. The monoisotopic (exact) mass is 223 g/mol. The summed E-state index contributed by atoms with van der Waals surface area (Å²) in [6.07, 6.45) is 7.54. The second-order valence-corrected chi connectivity index (χ2v) is 4.96. The molecule has 0 amide bonds. The molecule has 0 aromatic heterocycles. The van der Waals surface area contributed by atoms with Crippen molar-refractivity contribution in [3.05, 3.63) is 12.2 Å². The fourth-order valence-electron chi connectivity index (χ4n) is 2.56. The molecule has 1 saturated heterocycles.